The summed E-state index contributed by atoms with van der Waals surface area (Å²) >= 11 is 0. The van der Waals surface area contributed by atoms with Crippen LogP contribution in [0, 0.1) is 0 Å². The van der Waals surface area contributed by atoms with E-state index in [1.54, 1.807) is 0 Å². The van der Waals surface area contributed by atoms with E-state index in [0.29, 0.717) is 0 Å². The van der Waals surface area contributed by atoms with Crippen LogP contribution in [0.4, 0.5) is 0 Å². The summed E-state index contributed by atoms with van der Waals surface area (Å²) < 4.78 is 5.32. The molecule has 1 aliphatic rings. The van der Waals surface area contributed by atoms with Gasteiger partial charge in [-0.15, -0.1) is 0 Å². The summed E-state index contributed by atoms with van der Waals surface area (Å²) in [5.74, 6) is 0. The zero-order valence-corrected chi connectivity index (χ0v) is 11.6. The smallest absolute Gasteiger partial charge is 0.0940 e. The fourth-order valence-electron chi connectivity index (χ4n) is 2.33. The predicted octanol–water partition coefficient (Wildman–Crippen LogP) is 1.03. The van der Waals surface area contributed by atoms with Gasteiger partial charge in [0.2, 0.25) is 0 Å². The maximum atomic E-state index is 10.2. The molecule has 2 atom stereocenters. The number of aliphatic hydroxyl groups is 1. The standard InChI is InChI=1S/C15H24N2O2/c1-13(15(18)14-5-3-2-4-6-14)16-7-8-17-9-11-19-12-10-17/h2-6,13,15-16,18H,7-12H2,1H3. The fourth-order valence-corrected chi connectivity index (χ4v) is 2.33. The Labute approximate surface area is 115 Å². The third kappa shape index (κ3) is 4.58. The lowest BCUT2D eigenvalue weighted by Crippen LogP contribution is -2.42. The van der Waals surface area contributed by atoms with E-state index < -0.39 is 6.10 Å². The van der Waals surface area contributed by atoms with Gasteiger partial charge in [0.15, 0.2) is 0 Å². The lowest BCUT2D eigenvalue weighted by Gasteiger charge is -2.28. The molecule has 0 aromatic heterocycles. The number of hydrogen-bond donors (Lipinski definition) is 2. The van der Waals surface area contributed by atoms with Gasteiger partial charge in [0.05, 0.1) is 19.3 Å². The molecule has 1 heterocycles. The molecule has 19 heavy (non-hydrogen) atoms. The van der Waals surface area contributed by atoms with E-state index in [1.807, 2.05) is 37.3 Å². The summed E-state index contributed by atoms with van der Waals surface area (Å²) in [4.78, 5) is 2.39. The summed E-state index contributed by atoms with van der Waals surface area (Å²) in [6.45, 7) is 7.62. The van der Waals surface area contributed by atoms with Crippen LogP contribution in [-0.4, -0.2) is 55.4 Å². The highest BCUT2D eigenvalue weighted by Gasteiger charge is 2.16. The second kappa shape index (κ2) is 7.60. The number of ether oxygens (including phenoxy) is 1. The largest absolute Gasteiger partial charge is 0.387 e. The molecule has 0 aliphatic carbocycles. The molecule has 4 nitrogen and oxygen atoms in total. The summed E-state index contributed by atoms with van der Waals surface area (Å²) in [5, 5.41) is 13.6. The molecule has 1 aromatic rings. The molecule has 0 amide bonds. The predicted molar refractivity (Wildman–Crippen MR) is 76.1 cm³/mol. The first-order valence-corrected chi connectivity index (χ1v) is 7.04. The second-order valence-electron chi connectivity index (χ2n) is 5.05. The number of nitrogens with zero attached hydrogens (tertiary/aromatic N) is 1. The normalized spacial score (nSPS) is 20.1. The molecule has 0 radical (unpaired) electrons. The van der Waals surface area contributed by atoms with Gasteiger partial charge in [-0.2, -0.15) is 0 Å². The van der Waals surface area contributed by atoms with Gasteiger partial charge in [0.25, 0.3) is 0 Å². The molecule has 2 unspecified atom stereocenters. The number of hydrogen-bond acceptors (Lipinski definition) is 4. The number of benzene rings is 1. The second-order valence-corrected chi connectivity index (χ2v) is 5.05. The molecule has 1 aromatic carbocycles. The number of nitrogens with one attached hydrogen (secondary N) is 1. The van der Waals surface area contributed by atoms with E-state index in [9.17, 15) is 5.11 Å². The van der Waals surface area contributed by atoms with Gasteiger partial charge in [-0.25, -0.2) is 0 Å². The number of rotatable bonds is 6. The van der Waals surface area contributed by atoms with Crippen molar-refractivity contribution in [3.63, 3.8) is 0 Å². The third-order valence-corrected chi connectivity index (χ3v) is 3.61. The van der Waals surface area contributed by atoms with E-state index in [0.717, 1.165) is 45.0 Å². The molecule has 2 rings (SSSR count). The van der Waals surface area contributed by atoms with Gasteiger partial charge in [0.1, 0.15) is 0 Å². The lowest BCUT2D eigenvalue weighted by molar-refractivity contribution is 0.0372. The highest BCUT2D eigenvalue weighted by Crippen LogP contribution is 2.15. The molecular weight excluding hydrogens is 240 g/mol. The molecular formula is C15H24N2O2. The van der Waals surface area contributed by atoms with Crippen molar-refractivity contribution in [2.75, 3.05) is 39.4 Å². The Morgan fingerprint density at radius 1 is 1.26 bits per heavy atom. The summed E-state index contributed by atoms with van der Waals surface area (Å²) in [5.41, 5.74) is 0.967. The average molecular weight is 264 g/mol. The Morgan fingerprint density at radius 2 is 1.95 bits per heavy atom. The van der Waals surface area contributed by atoms with Crippen molar-refractivity contribution in [1.82, 2.24) is 10.2 Å². The van der Waals surface area contributed by atoms with Crippen molar-refractivity contribution >= 4 is 0 Å². The molecule has 1 fully saturated rings. The Kier molecular flexibility index (Phi) is 5.79. The van der Waals surface area contributed by atoms with Gasteiger partial charge in [0, 0.05) is 32.2 Å². The van der Waals surface area contributed by atoms with Crippen LogP contribution in [-0.2, 0) is 4.74 Å². The minimum atomic E-state index is -0.453. The lowest BCUT2D eigenvalue weighted by atomic mass is 10.0. The Bertz CT molecular complexity index is 352. The highest BCUT2D eigenvalue weighted by molar-refractivity contribution is 5.18. The molecule has 0 saturated carbocycles. The Hall–Kier alpha value is -0.940. The van der Waals surface area contributed by atoms with Crippen molar-refractivity contribution in [1.29, 1.82) is 0 Å². The first kappa shape index (κ1) is 14.5. The first-order valence-electron chi connectivity index (χ1n) is 7.04. The summed E-state index contributed by atoms with van der Waals surface area (Å²) in [6, 6.07) is 9.86. The van der Waals surface area contributed by atoms with Crippen LogP contribution < -0.4 is 5.32 Å². The van der Waals surface area contributed by atoms with Crippen molar-refractivity contribution in [2.24, 2.45) is 0 Å². The molecule has 0 spiro atoms. The molecule has 2 N–H and O–H groups in total. The summed E-state index contributed by atoms with van der Waals surface area (Å²) in [6.07, 6.45) is -0.453. The molecule has 1 aliphatic heterocycles. The van der Waals surface area contributed by atoms with Crippen LogP contribution in [0.15, 0.2) is 30.3 Å². The van der Waals surface area contributed by atoms with Gasteiger partial charge in [-0.05, 0) is 12.5 Å². The maximum absolute atomic E-state index is 10.2. The maximum Gasteiger partial charge on any atom is 0.0940 e. The van der Waals surface area contributed by atoms with Crippen molar-refractivity contribution in [2.45, 2.75) is 19.1 Å². The monoisotopic (exact) mass is 264 g/mol. The Balaban J connectivity index is 1.70. The van der Waals surface area contributed by atoms with Crippen LogP contribution in [0.3, 0.4) is 0 Å². The van der Waals surface area contributed by atoms with E-state index >= 15 is 0 Å². The van der Waals surface area contributed by atoms with Crippen LogP contribution >= 0.6 is 0 Å². The average Bonchev–Trinajstić information content (AvgIpc) is 2.48. The minimum Gasteiger partial charge on any atom is -0.387 e. The summed E-state index contributed by atoms with van der Waals surface area (Å²) in [7, 11) is 0. The van der Waals surface area contributed by atoms with Gasteiger partial charge in [-0.1, -0.05) is 30.3 Å². The zero-order chi connectivity index (χ0) is 13.5. The van der Waals surface area contributed by atoms with Gasteiger partial charge >= 0.3 is 0 Å². The Morgan fingerprint density at radius 3 is 2.63 bits per heavy atom. The fraction of sp³-hybridized carbons (Fsp3) is 0.600. The molecule has 4 heteroatoms. The van der Waals surface area contributed by atoms with Gasteiger partial charge < -0.3 is 15.2 Å². The van der Waals surface area contributed by atoms with Gasteiger partial charge in [-0.3, -0.25) is 4.90 Å². The third-order valence-electron chi connectivity index (χ3n) is 3.61. The minimum absolute atomic E-state index is 0.0587. The van der Waals surface area contributed by atoms with E-state index in [1.165, 1.54) is 0 Å². The van der Waals surface area contributed by atoms with E-state index in [4.69, 9.17) is 4.74 Å². The molecule has 0 bridgehead atoms. The van der Waals surface area contributed by atoms with Crippen LogP contribution in [0.25, 0.3) is 0 Å². The van der Waals surface area contributed by atoms with Crippen molar-refractivity contribution in [3.05, 3.63) is 35.9 Å². The molecule has 106 valence electrons. The van der Waals surface area contributed by atoms with Crippen LogP contribution in [0.1, 0.15) is 18.6 Å². The van der Waals surface area contributed by atoms with E-state index in [2.05, 4.69) is 10.2 Å². The quantitative estimate of drug-likeness (QED) is 0.805. The number of morpholine rings is 1. The topological polar surface area (TPSA) is 44.7 Å². The zero-order valence-electron chi connectivity index (χ0n) is 11.6. The van der Waals surface area contributed by atoms with E-state index in [-0.39, 0.29) is 6.04 Å². The first-order chi connectivity index (χ1) is 9.27. The van der Waals surface area contributed by atoms with Crippen LogP contribution in [0.5, 0.6) is 0 Å². The highest BCUT2D eigenvalue weighted by atomic mass is 16.5. The molecule has 1 saturated heterocycles. The number of aliphatic hydroxyl groups excluding tert-OH is 1. The van der Waals surface area contributed by atoms with Crippen molar-refractivity contribution < 1.29 is 9.84 Å². The SMILES string of the molecule is CC(NCCN1CCOCC1)C(O)c1ccccc1. The van der Waals surface area contributed by atoms with Crippen molar-refractivity contribution in [3.8, 4) is 0 Å². The van der Waals surface area contributed by atoms with Crippen LogP contribution in [0.2, 0.25) is 0 Å².